The minimum atomic E-state index is -0.487. The summed E-state index contributed by atoms with van der Waals surface area (Å²) in [6, 6.07) is 26.3. The topological polar surface area (TPSA) is 72.5 Å². The number of ketones is 1. The minimum absolute atomic E-state index is 0.0855. The molecule has 0 bridgehead atoms. The van der Waals surface area contributed by atoms with Crippen LogP contribution in [0.4, 0.5) is 5.69 Å². The molecular weight excluding hydrogens is 410 g/mol. The highest BCUT2D eigenvalue weighted by atomic mass is 32.2. The monoisotopic (exact) mass is 433 g/mol. The Morgan fingerprint density at radius 3 is 2.03 bits per heavy atom. The lowest BCUT2D eigenvalue weighted by Gasteiger charge is -2.07. The first kappa shape index (κ1) is 22.3. The average Bonchev–Trinajstić information content (AvgIpc) is 2.80. The van der Waals surface area contributed by atoms with E-state index < -0.39 is 5.97 Å². The van der Waals surface area contributed by atoms with E-state index in [9.17, 15) is 14.4 Å². The summed E-state index contributed by atoms with van der Waals surface area (Å²) in [5, 5.41) is 2.82. The molecule has 0 heterocycles. The van der Waals surface area contributed by atoms with Crippen LogP contribution in [-0.2, 0) is 14.3 Å². The summed E-state index contributed by atoms with van der Waals surface area (Å²) in [7, 11) is 0. The molecule has 0 aromatic heterocycles. The van der Waals surface area contributed by atoms with Crippen LogP contribution in [0.1, 0.15) is 29.6 Å². The van der Waals surface area contributed by atoms with Gasteiger partial charge in [0, 0.05) is 33.9 Å². The minimum Gasteiger partial charge on any atom is -0.457 e. The van der Waals surface area contributed by atoms with E-state index >= 15 is 0 Å². The molecule has 0 saturated carbocycles. The summed E-state index contributed by atoms with van der Waals surface area (Å²) in [6.45, 7) is -0.289. The van der Waals surface area contributed by atoms with E-state index in [1.807, 2.05) is 60.7 Å². The number of rotatable bonds is 10. The number of ether oxygens (including phenoxy) is 1. The predicted octanol–water partition coefficient (Wildman–Crippen LogP) is 5.37. The van der Waals surface area contributed by atoms with Gasteiger partial charge in [0.25, 0.3) is 0 Å². The fourth-order valence-corrected chi connectivity index (χ4v) is 3.61. The van der Waals surface area contributed by atoms with Crippen molar-refractivity contribution in [1.29, 1.82) is 0 Å². The van der Waals surface area contributed by atoms with Crippen molar-refractivity contribution in [3.8, 4) is 0 Å². The highest BCUT2D eigenvalue weighted by Crippen LogP contribution is 2.28. The van der Waals surface area contributed by atoms with Crippen LogP contribution >= 0.6 is 11.8 Å². The zero-order chi connectivity index (χ0) is 21.9. The first-order valence-electron chi connectivity index (χ1n) is 9.97. The molecule has 3 rings (SSSR count). The molecule has 158 valence electrons. The highest BCUT2D eigenvalue weighted by Gasteiger charge is 2.11. The number of nitrogens with one attached hydrogen (secondary N) is 1. The zero-order valence-corrected chi connectivity index (χ0v) is 17.8. The Bertz CT molecular complexity index is 1000. The largest absolute Gasteiger partial charge is 0.457 e. The van der Waals surface area contributed by atoms with Crippen LogP contribution in [0.5, 0.6) is 0 Å². The Kier molecular flexibility index (Phi) is 8.43. The van der Waals surface area contributed by atoms with E-state index in [0.717, 1.165) is 9.79 Å². The van der Waals surface area contributed by atoms with Gasteiger partial charge >= 0.3 is 5.97 Å². The second-order valence-electron chi connectivity index (χ2n) is 6.79. The van der Waals surface area contributed by atoms with E-state index in [-0.39, 0.29) is 31.1 Å². The number of hydrogen-bond donors (Lipinski definition) is 1. The Balaban J connectivity index is 1.34. The molecular formula is C25H23NO4S. The number of hydrogen-bond acceptors (Lipinski definition) is 5. The van der Waals surface area contributed by atoms with Crippen molar-refractivity contribution in [2.75, 3.05) is 11.9 Å². The van der Waals surface area contributed by atoms with Crippen molar-refractivity contribution in [1.82, 2.24) is 0 Å². The van der Waals surface area contributed by atoms with Crippen molar-refractivity contribution in [2.24, 2.45) is 0 Å². The summed E-state index contributed by atoms with van der Waals surface area (Å²) >= 11 is 1.65. The quantitative estimate of drug-likeness (QED) is 0.344. The second-order valence-corrected chi connectivity index (χ2v) is 7.94. The van der Waals surface area contributed by atoms with Gasteiger partial charge in [-0.3, -0.25) is 14.4 Å². The molecule has 0 aliphatic rings. The molecule has 6 heteroatoms. The van der Waals surface area contributed by atoms with E-state index in [0.29, 0.717) is 17.7 Å². The van der Waals surface area contributed by atoms with Crippen LogP contribution in [0, 0.1) is 0 Å². The predicted molar refractivity (Wildman–Crippen MR) is 121 cm³/mol. The number of carbonyl (C=O) groups is 3. The normalized spacial score (nSPS) is 10.3. The molecule has 0 radical (unpaired) electrons. The number of carbonyl (C=O) groups excluding carboxylic acids is 3. The van der Waals surface area contributed by atoms with Crippen LogP contribution in [-0.4, -0.2) is 24.3 Å². The van der Waals surface area contributed by atoms with E-state index in [4.69, 9.17) is 4.74 Å². The number of amides is 1. The Morgan fingerprint density at radius 2 is 1.35 bits per heavy atom. The molecule has 0 aliphatic carbocycles. The highest BCUT2D eigenvalue weighted by molar-refractivity contribution is 7.99. The molecule has 0 saturated heterocycles. The Hall–Kier alpha value is -3.38. The van der Waals surface area contributed by atoms with Gasteiger partial charge in [-0.2, -0.15) is 0 Å². The summed E-state index contributed by atoms with van der Waals surface area (Å²) in [5.74, 6) is -0.906. The van der Waals surface area contributed by atoms with Gasteiger partial charge in [-0.05, 0) is 42.8 Å². The van der Waals surface area contributed by atoms with E-state index in [1.165, 1.54) is 0 Å². The third-order valence-electron chi connectivity index (χ3n) is 4.36. The molecule has 5 nitrogen and oxygen atoms in total. The lowest BCUT2D eigenvalue weighted by molar-refractivity contribution is -0.142. The first-order chi connectivity index (χ1) is 15.1. The maximum absolute atomic E-state index is 12.1. The van der Waals surface area contributed by atoms with Gasteiger partial charge in [-0.25, -0.2) is 0 Å². The average molecular weight is 434 g/mol. The molecule has 0 atom stereocenters. The number of benzene rings is 3. The van der Waals surface area contributed by atoms with Crippen LogP contribution < -0.4 is 5.32 Å². The Morgan fingerprint density at radius 1 is 0.742 bits per heavy atom. The van der Waals surface area contributed by atoms with Gasteiger partial charge < -0.3 is 10.1 Å². The Labute approximate surface area is 185 Å². The molecule has 0 unspecified atom stereocenters. The van der Waals surface area contributed by atoms with Crippen molar-refractivity contribution in [3.05, 3.63) is 90.5 Å². The van der Waals surface area contributed by atoms with Crippen LogP contribution in [0.3, 0.4) is 0 Å². The van der Waals surface area contributed by atoms with Gasteiger partial charge in [0.05, 0.1) is 0 Å². The van der Waals surface area contributed by atoms with Gasteiger partial charge in [-0.15, -0.1) is 0 Å². The molecule has 31 heavy (non-hydrogen) atoms. The standard InChI is InChI=1S/C25H23NO4S/c27-23(19-8-3-1-4-9-19)18-30-25(29)13-7-12-24(28)26-20-14-16-22(17-15-20)31-21-10-5-2-6-11-21/h1-6,8-11,14-17H,7,12-13,18H2,(H,26,28). The van der Waals surface area contributed by atoms with Gasteiger partial charge in [0.2, 0.25) is 5.91 Å². The summed E-state index contributed by atoms with van der Waals surface area (Å²) in [5.41, 5.74) is 1.21. The van der Waals surface area contributed by atoms with Crippen molar-refractivity contribution < 1.29 is 19.1 Å². The zero-order valence-electron chi connectivity index (χ0n) is 17.0. The van der Waals surface area contributed by atoms with E-state index in [1.54, 1.807) is 36.0 Å². The van der Waals surface area contributed by atoms with Gasteiger partial charge in [-0.1, -0.05) is 60.3 Å². The van der Waals surface area contributed by atoms with Gasteiger partial charge in [0.1, 0.15) is 0 Å². The SMILES string of the molecule is O=C(CCCC(=O)OCC(=O)c1ccccc1)Nc1ccc(Sc2ccccc2)cc1. The summed E-state index contributed by atoms with van der Waals surface area (Å²) in [4.78, 5) is 38.0. The van der Waals surface area contributed by atoms with Crippen LogP contribution in [0.25, 0.3) is 0 Å². The summed E-state index contributed by atoms with van der Waals surface area (Å²) < 4.78 is 5.00. The lowest BCUT2D eigenvalue weighted by atomic mass is 10.1. The van der Waals surface area contributed by atoms with Crippen molar-refractivity contribution in [3.63, 3.8) is 0 Å². The fourth-order valence-electron chi connectivity index (χ4n) is 2.77. The molecule has 0 fully saturated rings. The maximum Gasteiger partial charge on any atom is 0.306 e. The molecule has 1 amide bonds. The maximum atomic E-state index is 12.1. The van der Waals surface area contributed by atoms with Crippen LogP contribution in [0.2, 0.25) is 0 Å². The van der Waals surface area contributed by atoms with Crippen LogP contribution in [0.15, 0.2) is 94.7 Å². The molecule has 0 aliphatic heterocycles. The lowest BCUT2D eigenvalue weighted by Crippen LogP contribution is -2.15. The van der Waals surface area contributed by atoms with Gasteiger partial charge in [0.15, 0.2) is 12.4 Å². The third kappa shape index (κ3) is 7.75. The first-order valence-corrected chi connectivity index (χ1v) is 10.8. The third-order valence-corrected chi connectivity index (χ3v) is 5.38. The number of Topliss-reactive ketones (excluding diaryl/α,β-unsaturated/α-hetero) is 1. The molecule has 1 N–H and O–H groups in total. The number of anilines is 1. The van der Waals surface area contributed by atoms with Crippen molar-refractivity contribution in [2.45, 2.75) is 29.1 Å². The second kappa shape index (κ2) is 11.7. The smallest absolute Gasteiger partial charge is 0.306 e. The summed E-state index contributed by atoms with van der Waals surface area (Å²) in [6.07, 6.45) is 0.635. The molecule has 3 aromatic rings. The molecule has 3 aromatic carbocycles. The number of esters is 1. The van der Waals surface area contributed by atoms with Crippen molar-refractivity contribution >= 4 is 35.1 Å². The van der Waals surface area contributed by atoms with E-state index in [2.05, 4.69) is 5.32 Å². The fraction of sp³-hybridized carbons (Fsp3) is 0.160. The molecule has 0 spiro atoms.